The highest BCUT2D eigenvalue weighted by Crippen LogP contribution is 1.95. The average Bonchev–Trinajstić information content (AvgIpc) is 2.10. The lowest BCUT2D eigenvalue weighted by atomic mass is 10.1. The van der Waals surface area contributed by atoms with Crippen molar-refractivity contribution in [3.8, 4) is 0 Å². The molecule has 0 spiro atoms. The number of Topliss-reactive ketones (excluding diaryl/α,β-unsaturated/α-hetero) is 1. The Morgan fingerprint density at radius 1 is 1.20 bits per heavy atom. The van der Waals surface area contributed by atoms with Crippen LogP contribution in [0.1, 0.15) is 19.8 Å². The number of carbonyl (C=O) groups is 4. The quantitative estimate of drug-likeness (QED) is 0.455. The van der Waals surface area contributed by atoms with E-state index in [1.165, 1.54) is 0 Å². The zero-order valence-corrected chi connectivity index (χ0v) is 7.94. The van der Waals surface area contributed by atoms with Gasteiger partial charge in [-0.05, 0) is 12.8 Å². The summed E-state index contributed by atoms with van der Waals surface area (Å²) in [6.45, 7) is 0.959. The maximum Gasteiger partial charge on any atom is 0.287 e. The number of hydrogen-bond acceptors (Lipinski definition) is 6. The van der Waals surface area contributed by atoms with Gasteiger partial charge in [0.25, 0.3) is 5.91 Å². The summed E-state index contributed by atoms with van der Waals surface area (Å²) >= 11 is 0. The van der Waals surface area contributed by atoms with Crippen LogP contribution in [0.15, 0.2) is 0 Å². The third kappa shape index (κ3) is 5.40. The van der Waals surface area contributed by atoms with Gasteiger partial charge in [0.2, 0.25) is 5.78 Å². The second kappa shape index (κ2) is 5.74. The minimum absolute atomic E-state index is 0.385. The standard InChI is InChI=1S/C8H11NO6/c1-4(10)7(13)9-5(8(14)15)2-3-6(11)12/h5H,2-3H2,1H3,(H,9,13)(H,11,12)(H,14,15)/p-2/t5-/m0/s1. The molecule has 7 nitrogen and oxygen atoms in total. The van der Waals surface area contributed by atoms with E-state index in [-0.39, 0.29) is 6.42 Å². The zero-order chi connectivity index (χ0) is 12.0. The highest BCUT2D eigenvalue weighted by Gasteiger charge is 2.15. The van der Waals surface area contributed by atoms with Gasteiger partial charge in [-0.25, -0.2) is 0 Å². The molecule has 0 saturated carbocycles. The van der Waals surface area contributed by atoms with Crippen molar-refractivity contribution in [1.29, 1.82) is 0 Å². The van der Waals surface area contributed by atoms with Gasteiger partial charge in [0, 0.05) is 12.9 Å². The molecule has 1 amide bonds. The number of carboxylic acids is 2. The molecule has 0 aliphatic rings. The van der Waals surface area contributed by atoms with Crippen molar-refractivity contribution in [2.24, 2.45) is 0 Å². The Morgan fingerprint density at radius 2 is 1.73 bits per heavy atom. The summed E-state index contributed by atoms with van der Waals surface area (Å²) < 4.78 is 0. The van der Waals surface area contributed by atoms with Crippen molar-refractivity contribution in [2.45, 2.75) is 25.8 Å². The summed E-state index contributed by atoms with van der Waals surface area (Å²) in [5, 5.41) is 22.3. The van der Waals surface area contributed by atoms with Gasteiger partial charge in [-0.15, -0.1) is 0 Å². The first-order valence-corrected chi connectivity index (χ1v) is 4.06. The van der Waals surface area contributed by atoms with Crippen molar-refractivity contribution < 1.29 is 29.4 Å². The molecule has 84 valence electrons. The summed E-state index contributed by atoms with van der Waals surface area (Å²) in [4.78, 5) is 41.7. The molecule has 0 aromatic carbocycles. The molecular weight excluding hydrogens is 206 g/mol. The Hall–Kier alpha value is -1.92. The Kier molecular flexibility index (Phi) is 5.00. The Labute approximate surface area is 85.1 Å². The van der Waals surface area contributed by atoms with Gasteiger partial charge in [0.05, 0.1) is 12.0 Å². The van der Waals surface area contributed by atoms with Crippen LogP contribution in [0.2, 0.25) is 0 Å². The molecule has 0 heterocycles. The van der Waals surface area contributed by atoms with E-state index in [4.69, 9.17) is 0 Å². The number of aliphatic carboxylic acids is 2. The van der Waals surface area contributed by atoms with Gasteiger partial charge in [-0.1, -0.05) is 0 Å². The molecular formula is C8H9NO6-2. The van der Waals surface area contributed by atoms with Crippen molar-refractivity contribution in [1.82, 2.24) is 5.32 Å². The fourth-order valence-electron chi connectivity index (χ4n) is 0.771. The molecule has 0 aliphatic carbocycles. The van der Waals surface area contributed by atoms with E-state index in [0.29, 0.717) is 0 Å². The molecule has 0 unspecified atom stereocenters. The second-order valence-corrected chi connectivity index (χ2v) is 2.81. The number of carboxylic acid groups (broad SMARTS) is 2. The topological polar surface area (TPSA) is 126 Å². The van der Waals surface area contributed by atoms with E-state index in [2.05, 4.69) is 0 Å². The van der Waals surface area contributed by atoms with Gasteiger partial charge < -0.3 is 25.1 Å². The first-order valence-electron chi connectivity index (χ1n) is 4.06. The van der Waals surface area contributed by atoms with Crippen LogP contribution in [0.25, 0.3) is 0 Å². The van der Waals surface area contributed by atoms with Crippen LogP contribution in [-0.4, -0.2) is 29.7 Å². The van der Waals surface area contributed by atoms with Crippen LogP contribution in [0.5, 0.6) is 0 Å². The third-order valence-electron chi connectivity index (χ3n) is 1.55. The summed E-state index contributed by atoms with van der Waals surface area (Å²) in [7, 11) is 0. The van der Waals surface area contributed by atoms with Gasteiger partial charge in [0.15, 0.2) is 0 Å². The first kappa shape index (κ1) is 13.1. The van der Waals surface area contributed by atoms with Crippen LogP contribution in [-0.2, 0) is 19.2 Å². The number of amides is 1. The normalized spacial score (nSPS) is 11.5. The second-order valence-electron chi connectivity index (χ2n) is 2.81. The molecule has 1 atom stereocenters. The van der Waals surface area contributed by atoms with Crippen LogP contribution < -0.4 is 15.5 Å². The van der Waals surface area contributed by atoms with Gasteiger partial charge >= 0.3 is 0 Å². The molecule has 0 aromatic heterocycles. The van der Waals surface area contributed by atoms with E-state index in [0.717, 1.165) is 6.92 Å². The smallest absolute Gasteiger partial charge is 0.287 e. The fraction of sp³-hybridized carbons (Fsp3) is 0.500. The molecule has 15 heavy (non-hydrogen) atoms. The average molecular weight is 215 g/mol. The molecule has 0 bridgehead atoms. The maximum absolute atomic E-state index is 10.8. The zero-order valence-electron chi connectivity index (χ0n) is 7.94. The summed E-state index contributed by atoms with van der Waals surface area (Å²) in [5.41, 5.74) is 0. The summed E-state index contributed by atoms with van der Waals surface area (Å²) in [6.07, 6.45) is -0.930. The van der Waals surface area contributed by atoms with Crippen LogP contribution in [0, 0.1) is 0 Å². The molecule has 1 N–H and O–H groups in total. The third-order valence-corrected chi connectivity index (χ3v) is 1.55. The van der Waals surface area contributed by atoms with Gasteiger partial charge in [-0.3, -0.25) is 9.59 Å². The van der Waals surface area contributed by atoms with E-state index < -0.39 is 36.1 Å². The lowest BCUT2D eigenvalue weighted by molar-refractivity contribution is -0.310. The minimum atomic E-state index is -1.65. The SMILES string of the molecule is CC(=O)C(=O)N[C@@H](CCC(=O)[O-])C(=O)[O-]. The predicted molar refractivity (Wildman–Crippen MR) is 41.9 cm³/mol. The van der Waals surface area contributed by atoms with Crippen molar-refractivity contribution >= 4 is 23.6 Å². The van der Waals surface area contributed by atoms with Crippen LogP contribution >= 0.6 is 0 Å². The lowest BCUT2D eigenvalue weighted by Gasteiger charge is -2.18. The van der Waals surface area contributed by atoms with Crippen LogP contribution in [0.3, 0.4) is 0 Å². The van der Waals surface area contributed by atoms with E-state index in [1.807, 2.05) is 5.32 Å². The summed E-state index contributed by atoms with van der Waals surface area (Å²) in [5.74, 6) is -5.05. The van der Waals surface area contributed by atoms with Gasteiger partial charge in [-0.2, -0.15) is 0 Å². The number of nitrogens with one attached hydrogen (secondary N) is 1. The predicted octanol–water partition coefficient (Wildman–Crippen LogP) is -3.66. The molecule has 0 fully saturated rings. The molecule has 7 heteroatoms. The monoisotopic (exact) mass is 215 g/mol. The van der Waals surface area contributed by atoms with E-state index in [1.54, 1.807) is 0 Å². The molecule has 0 radical (unpaired) electrons. The number of carbonyl (C=O) groups excluding carboxylic acids is 4. The maximum atomic E-state index is 10.8. The Balaban J connectivity index is 4.28. The van der Waals surface area contributed by atoms with E-state index in [9.17, 15) is 29.4 Å². The Morgan fingerprint density at radius 3 is 2.07 bits per heavy atom. The van der Waals surface area contributed by atoms with E-state index >= 15 is 0 Å². The van der Waals surface area contributed by atoms with Gasteiger partial charge in [0.1, 0.15) is 0 Å². The fourth-order valence-corrected chi connectivity index (χ4v) is 0.771. The van der Waals surface area contributed by atoms with Crippen molar-refractivity contribution in [2.75, 3.05) is 0 Å². The highest BCUT2D eigenvalue weighted by atomic mass is 16.4. The molecule has 0 aliphatic heterocycles. The highest BCUT2D eigenvalue weighted by molar-refractivity contribution is 6.35. The summed E-state index contributed by atoms with van der Waals surface area (Å²) in [6, 6.07) is -1.50. The number of hydrogen-bond donors (Lipinski definition) is 1. The minimum Gasteiger partial charge on any atom is -0.550 e. The van der Waals surface area contributed by atoms with Crippen molar-refractivity contribution in [3.05, 3.63) is 0 Å². The Bertz CT molecular complexity index is 298. The van der Waals surface area contributed by atoms with Crippen molar-refractivity contribution in [3.63, 3.8) is 0 Å². The largest absolute Gasteiger partial charge is 0.550 e. The molecule has 0 rings (SSSR count). The molecule has 0 aromatic rings. The number of ketones is 1. The lowest BCUT2D eigenvalue weighted by Crippen LogP contribution is -2.49. The number of rotatable bonds is 6. The van der Waals surface area contributed by atoms with Crippen LogP contribution in [0.4, 0.5) is 0 Å². The first-order chi connectivity index (χ1) is 6.84. The molecule has 0 saturated heterocycles.